The fourth-order valence-corrected chi connectivity index (χ4v) is 4.57. The van der Waals surface area contributed by atoms with E-state index >= 15 is 0 Å². The van der Waals surface area contributed by atoms with Gasteiger partial charge in [0.2, 0.25) is 0 Å². The van der Waals surface area contributed by atoms with Crippen LogP contribution in [0.15, 0.2) is 79.1 Å². The highest BCUT2D eigenvalue weighted by molar-refractivity contribution is 7.21. The Morgan fingerprint density at radius 1 is 0.886 bits per heavy atom. The molecule has 0 unspecified atom stereocenters. The lowest BCUT2D eigenvalue weighted by Gasteiger charge is -2.14. The molecule has 2 heterocycles. The van der Waals surface area contributed by atoms with E-state index in [0.717, 1.165) is 43.7 Å². The first-order chi connectivity index (χ1) is 17.2. The van der Waals surface area contributed by atoms with Gasteiger partial charge in [-0.05, 0) is 35.9 Å². The number of thiazole rings is 1. The molecule has 0 bridgehead atoms. The predicted molar refractivity (Wildman–Crippen MR) is 138 cm³/mol. The summed E-state index contributed by atoms with van der Waals surface area (Å²) in [6, 6.07) is 23.8. The molecular formula is C27H24N4O3S. The molecule has 0 aliphatic heterocycles. The Kier molecular flexibility index (Phi) is 6.83. The first kappa shape index (κ1) is 22.8. The van der Waals surface area contributed by atoms with Gasteiger partial charge in [-0.1, -0.05) is 53.8 Å². The highest BCUT2D eigenvalue weighted by atomic mass is 32.1. The van der Waals surface area contributed by atoms with Gasteiger partial charge in [-0.3, -0.25) is 0 Å². The molecule has 0 radical (unpaired) electrons. The van der Waals surface area contributed by atoms with Gasteiger partial charge in [-0.25, -0.2) is 15.0 Å². The normalized spacial score (nSPS) is 10.9. The van der Waals surface area contributed by atoms with Crippen molar-refractivity contribution in [3.63, 3.8) is 0 Å². The van der Waals surface area contributed by atoms with Crippen LogP contribution in [0.3, 0.4) is 0 Å². The van der Waals surface area contributed by atoms with Crippen molar-refractivity contribution in [2.45, 2.75) is 13.2 Å². The number of aromatic nitrogens is 3. The predicted octanol–water partition coefficient (Wildman–Crippen LogP) is 6.23. The maximum atomic E-state index is 6.07. The van der Waals surface area contributed by atoms with Crippen LogP contribution >= 0.6 is 11.3 Å². The molecule has 3 aromatic carbocycles. The van der Waals surface area contributed by atoms with Gasteiger partial charge in [0.15, 0.2) is 5.82 Å². The topological polar surface area (TPSA) is 78.4 Å². The van der Waals surface area contributed by atoms with Crippen LogP contribution in [0.4, 0.5) is 11.5 Å². The SMILES string of the molecule is COCc1cc(Nc2ncnc3sc(-c4cccc(OC)c4)nc23)ccc1OCc1ccccc1. The van der Waals surface area contributed by atoms with Gasteiger partial charge >= 0.3 is 0 Å². The van der Waals surface area contributed by atoms with Crippen LogP contribution in [0.25, 0.3) is 20.9 Å². The van der Waals surface area contributed by atoms with E-state index in [1.165, 1.54) is 11.3 Å². The second kappa shape index (κ2) is 10.5. The molecule has 0 aliphatic carbocycles. The zero-order chi connectivity index (χ0) is 24.0. The number of hydrogen-bond acceptors (Lipinski definition) is 8. The zero-order valence-electron chi connectivity index (χ0n) is 19.4. The fraction of sp³-hybridized carbons (Fsp3) is 0.148. The second-order valence-corrected chi connectivity index (χ2v) is 8.76. The van der Waals surface area contributed by atoms with E-state index < -0.39 is 0 Å². The van der Waals surface area contributed by atoms with Crippen molar-refractivity contribution in [3.05, 3.63) is 90.3 Å². The Morgan fingerprint density at radius 3 is 2.60 bits per heavy atom. The van der Waals surface area contributed by atoms with Gasteiger partial charge in [0.05, 0.1) is 13.7 Å². The van der Waals surface area contributed by atoms with Crippen LogP contribution in [0.1, 0.15) is 11.1 Å². The summed E-state index contributed by atoms with van der Waals surface area (Å²) in [5, 5.41) is 4.25. The molecule has 35 heavy (non-hydrogen) atoms. The molecule has 0 aliphatic rings. The van der Waals surface area contributed by atoms with Crippen molar-refractivity contribution < 1.29 is 14.2 Å². The van der Waals surface area contributed by atoms with Crippen molar-refractivity contribution in [2.24, 2.45) is 0 Å². The molecule has 0 saturated heterocycles. The van der Waals surface area contributed by atoms with E-state index in [0.29, 0.717) is 24.5 Å². The van der Waals surface area contributed by atoms with E-state index in [9.17, 15) is 0 Å². The van der Waals surface area contributed by atoms with Crippen LogP contribution < -0.4 is 14.8 Å². The molecule has 0 amide bonds. The average Bonchev–Trinajstić information content (AvgIpc) is 3.35. The van der Waals surface area contributed by atoms with E-state index in [-0.39, 0.29) is 0 Å². The molecule has 8 heteroatoms. The third kappa shape index (κ3) is 5.24. The first-order valence-corrected chi connectivity index (χ1v) is 11.9. The standard InChI is InChI=1S/C27H24N4O3S/c1-32-16-20-13-21(11-12-23(20)34-15-18-7-4-3-5-8-18)30-25-24-27(29-17-28-25)35-26(31-24)19-9-6-10-22(14-19)33-2/h3-14,17H,15-16H2,1-2H3,(H,28,29,30). The van der Waals surface area contributed by atoms with Gasteiger partial charge in [0, 0.05) is 23.9 Å². The number of rotatable bonds is 9. The number of fused-ring (bicyclic) bond motifs is 1. The number of hydrogen-bond donors (Lipinski definition) is 1. The molecule has 0 atom stereocenters. The van der Waals surface area contributed by atoms with E-state index in [2.05, 4.69) is 15.3 Å². The van der Waals surface area contributed by atoms with Crippen LogP contribution in [-0.4, -0.2) is 29.2 Å². The molecule has 0 spiro atoms. The number of ether oxygens (including phenoxy) is 3. The molecule has 5 rings (SSSR count). The monoisotopic (exact) mass is 484 g/mol. The smallest absolute Gasteiger partial charge is 0.161 e. The summed E-state index contributed by atoms with van der Waals surface area (Å²) >= 11 is 1.51. The first-order valence-electron chi connectivity index (χ1n) is 11.0. The molecule has 7 nitrogen and oxygen atoms in total. The number of methoxy groups -OCH3 is 2. The number of anilines is 2. The maximum absolute atomic E-state index is 6.07. The summed E-state index contributed by atoms with van der Waals surface area (Å²) in [6.07, 6.45) is 1.55. The summed E-state index contributed by atoms with van der Waals surface area (Å²) in [6.45, 7) is 0.915. The quantitative estimate of drug-likeness (QED) is 0.266. The van der Waals surface area contributed by atoms with Gasteiger partial charge in [0.1, 0.15) is 39.8 Å². The molecule has 176 valence electrons. The molecular weight excluding hydrogens is 460 g/mol. The van der Waals surface area contributed by atoms with Gasteiger partial charge in [0.25, 0.3) is 0 Å². The van der Waals surface area contributed by atoms with Gasteiger partial charge in [-0.15, -0.1) is 0 Å². The second-order valence-electron chi connectivity index (χ2n) is 7.78. The van der Waals surface area contributed by atoms with E-state index in [4.69, 9.17) is 19.2 Å². The summed E-state index contributed by atoms with van der Waals surface area (Å²) in [5.74, 6) is 2.20. The molecule has 0 saturated carbocycles. The summed E-state index contributed by atoms with van der Waals surface area (Å²) in [5.41, 5.74) is 4.60. The Morgan fingerprint density at radius 2 is 1.77 bits per heavy atom. The Labute approximate surface area is 207 Å². The highest BCUT2D eigenvalue weighted by Gasteiger charge is 2.14. The number of nitrogens with zero attached hydrogens (tertiary/aromatic N) is 3. The van der Waals surface area contributed by atoms with Gasteiger partial charge in [-0.2, -0.15) is 0 Å². The van der Waals surface area contributed by atoms with Crippen molar-refractivity contribution in [2.75, 3.05) is 19.5 Å². The van der Waals surface area contributed by atoms with Crippen molar-refractivity contribution in [1.82, 2.24) is 15.0 Å². The minimum atomic E-state index is 0.426. The lowest BCUT2D eigenvalue weighted by molar-refractivity contribution is 0.179. The lowest BCUT2D eigenvalue weighted by atomic mass is 10.1. The minimum Gasteiger partial charge on any atom is -0.497 e. The van der Waals surface area contributed by atoms with E-state index in [1.54, 1.807) is 20.5 Å². The van der Waals surface area contributed by atoms with Crippen LogP contribution in [0.2, 0.25) is 0 Å². The largest absolute Gasteiger partial charge is 0.497 e. The average molecular weight is 485 g/mol. The third-order valence-corrected chi connectivity index (χ3v) is 6.38. The van der Waals surface area contributed by atoms with E-state index in [1.807, 2.05) is 72.8 Å². The fourth-order valence-electron chi connectivity index (χ4n) is 3.66. The molecule has 0 fully saturated rings. The summed E-state index contributed by atoms with van der Waals surface area (Å²) < 4.78 is 16.8. The van der Waals surface area contributed by atoms with Crippen LogP contribution in [0.5, 0.6) is 11.5 Å². The highest BCUT2D eigenvalue weighted by Crippen LogP contribution is 2.34. The minimum absolute atomic E-state index is 0.426. The third-order valence-electron chi connectivity index (χ3n) is 5.37. The molecule has 1 N–H and O–H groups in total. The molecule has 2 aromatic heterocycles. The Balaban J connectivity index is 1.40. The maximum Gasteiger partial charge on any atom is 0.161 e. The lowest BCUT2D eigenvalue weighted by Crippen LogP contribution is -2.01. The van der Waals surface area contributed by atoms with Crippen LogP contribution in [0, 0.1) is 0 Å². The van der Waals surface area contributed by atoms with Crippen LogP contribution in [-0.2, 0) is 18.0 Å². The zero-order valence-corrected chi connectivity index (χ0v) is 20.2. The summed E-state index contributed by atoms with van der Waals surface area (Å²) in [7, 11) is 3.32. The Hall–Kier alpha value is -4.01. The number of nitrogens with one attached hydrogen (secondary N) is 1. The molecule has 5 aromatic rings. The number of benzene rings is 3. The van der Waals surface area contributed by atoms with Gasteiger partial charge < -0.3 is 19.5 Å². The van der Waals surface area contributed by atoms with Crippen molar-refractivity contribution in [1.29, 1.82) is 0 Å². The Bertz CT molecular complexity index is 1440. The summed E-state index contributed by atoms with van der Waals surface area (Å²) in [4.78, 5) is 14.5. The van der Waals surface area contributed by atoms with Crippen molar-refractivity contribution in [3.8, 4) is 22.1 Å². The van der Waals surface area contributed by atoms with Crippen molar-refractivity contribution >= 4 is 33.2 Å².